The van der Waals surface area contributed by atoms with Crippen molar-refractivity contribution in [2.24, 2.45) is 0 Å². The number of nitrogens with zero attached hydrogens (tertiary/aromatic N) is 3. The molecule has 0 saturated heterocycles. The Labute approximate surface area is 103 Å². The first kappa shape index (κ1) is 12.0. The summed E-state index contributed by atoms with van der Waals surface area (Å²) in [6.45, 7) is 4.55. The zero-order valence-electron chi connectivity index (χ0n) is 10.2. The van der Waals surface area contributed by atoms with Gasteiger partial charge in [0.05, 0.1) is 0 Å². The summed E-state index contributed by atoms with van der Waals surface area (Å²) in [7, 11) is -0.830. The van der Waals surface area contributed by atoms with E-state index in [4.69, 9.17) is 0 Å². The maximum Gasteiger partial charge on any atom is 0.243 e. The van der Waals surface area contributed by atoms with Gasteiger partial charge in [-0.3, -0.25) is 4.21 Å². The zero-order valence-corrected chi connectivity index (χ0v) is 11.0. The van der Waals surface area contributed by atoms with E-state index in [2.05, 4.69) is 15.4 Å². The van der Waals surface area contributed by atoms with Crippen LogP contribution in [0.15, 0.2) is 18.3 Å². The molecular weight excluding hydrogens is 236 g/mol. The van der Waals surface area contributed by atoms with Crippen LogP contribution >= 0.6 is 0 Å². The predicted molar refractivity (Wildman–Crippen MR) is 69.7 cm³/mol. The van der Waals surface area contributed by atoms with E-state index in [1.807, 2.05) is 32.2 Å². The number of pyridine rings is 1. The highest BCUT2D eigenvalue weighted by Crippen LogP contribution is 2.07. The molecule has 0 bridgehead atoms. The third kappa shape index (κ3) is 2.82. The van der Waals surface area contributed by atoms with E-state index in [9.17, 15) is 4.21 Å². The third-order valence-corrected chi connectivity index (χ3v) is 3.89. The average Bonchev–Trinajstić information content (AvgIpc) is 2.67. The van der Waals surface area contributed by atoms with Gasteiger partial charge in [-0.1, -0.05) is 6.07 Å². The van der Waals surface area contributed by atoms with Crippen molar-refractivity contribution in [3.63, 3.8) is 0 Å². The van der Waals surface area contributed by atoms with Gasteiger partial charge in [-0.2, -0.15) is 4.98 Å². The van der Waals surface area contributed by atoms with Crippen LogP contribution in [0.4, 0.5) is 5.95 Å². The number of hydrogen-bond donors (Lipinski definition) is 1. The van der Waals surface area contributed by atoms with Crippen LogP contribution in [0.1, 0.15) is 12.5 Å². The third-order valence-electron chi connectivity index (χ3n) is 2.59. The summed E-state index contributed by atoms with van der Waals surface area (Å²) in [5.74, 6) is 0.577. The molecule has 0 radical (unpaired) electrons. The number of aromatic nitrogens is 3. The quantitative estimate of drug-likeness (QED) is 0.888. The lowest BCUT2D eigenvalue weighted by Gasteiger charge is -2.07. The number of rotatable bonds is 4. The van der Waals surface area contributed by atoms with Crippen LogP contribution in [-0.2, 0) is 10.8 Å². The van der Waals surface area contributed by atoms with E-state index in [-0.39, 0.29) is 5.25 Å². The van der Waals surface area contributed by atoms with Crippen molar-refractivity contribution in [1.29, 1.82) is 0 Å². The molecule has 2 atom stereocenters. The van der Waals surface area contributed by atoms with Crippen molar-refractivity contribution in [2.45, 2.75) is 19.1 Å². The van der Waals surface area contributed by atoms with E-state index in [0.717, 1.165) is 11.2 Å². The first-order chi connectivity index (χ1) is 8.06. The van der Waals surface area contributed by atoms with Gasteiger partial charge in [-0.25, -0.2) is 4.52 Å². The van der Waals surface area contributed by atoms with Gasteiger partial charge in [0.1, 0.15) is 0 Å². The number of fused-ring (bicyclic) bond motifs is 1. The summed E-state index contributed by atoms with van der Waals surface area (Å²) < 4.78 is 12.9. The lowest BCUT2D eigenvalue weighted by Crippen LogP contribution is -2.21. The van der Waals surface area contributed by atoms with Crippen molar-refractivity contribution in [3.8, 4) is 0 Å². The number of nitrogens with one attached hydrogen (secondary N) is 1. The minimum absolute atomic E-state index is 0.0864. The fourth-order valence-electron chi connectivity index (χ4n) is 1.41. The molecule has 5 nitrogen and oxygen atoms in total. The molecule has 92 valence electrons. The van der Waals surface area contributed by atoms with Crippen molar-refractivity contribution < 1.29 is 4.21 Å². The van der Waals surface area contributed by atoms with Crippen LogP contribution in [0, 0.1) is 6.92 Å². The topological polar surface area (TPSA) is 59.3 Å². The molecule has 0 aliphatic rings. The highest BCUT2D eigenvalue weighted by Gasteiger charge is 2.08. The molecule has 2 heterocycles. The summed E-state index contributed by atoms with van der Waals surface area (Å²) in [5.41, 5.74) is 1.94. The number of anilines is 1. The molecule has 0 spiro atoms. The Morgan fingerprint density at radius 3 is 3.00 bits per heavy atom. The summed E-state index contributed by atoms with van der Waals surface area (Å²) in [6, 6.07) is 3.92. The minimum atomic E-state index is -0.830. The van der Waals surface area contributed by atoms with E-state index >= 15 is 0 Å². The first-order valence-corrected chi connectivity index (χ1v) is 7.07. The Bertz CT molecular complexity index is 551. The smallest absolute Gasteiger partial charge is 0.243 e. The van der Waals surface area contributed by atoms with Gasteiger partial charge in [0.2, 0.25) is 5.95 Å². The second kappa shape index (κ2) is 4.83. The molecule has 2 rings (SSSR count). The van der Waals surface area contributed by atoms with Crippen LogP contribution in [0.5, 0.6) is 0 Å². The first-order valence-electron chi connectivity index (χ1n) is 5.45. The van der Waals surface area contributed by atoms with Crippen LogP contribution in [0.2, 0.25) is 0 Å². The van der Waals surface area contributed by atoms with Crippen molar-refractivity contribution >= 4 is 22.4 Å². The van der Waals surface area contributed by atoms with Gasteiger partial charge < -0.3 is 5.32 Å². The second-order valence-electron chi connectivity index (χ2n) is 4.13. The minimum Gasteiger partial charge on any atom is -0.352 e. The van der Waals surface area contributed by atoms with E-state index in [1.165, 1.54) is 0 Å². The van der Waals surface area contributed by atoms with Gasteiger partial charge in [0.25, 0.3) is 0 Å². The maximum atomic E-state index is 11.2. The lowest BCUT2D eigenvalue weighted by molar-refractivity contribution is 0.678. The number of hydrogen-bond acceptors (Lipinski definition) is 4. The Hall–Kier alpha value is -1.43. The fourth-order valence-corrected chi connectivity index (χ4v) is 1.73. The van der Waals surface area contributed by atoms with E-state index in [1.54, 1.807) is 10.8 Å². The highest BCUT2D eigenvalue weighted by molar-refractivity contribution is 7.84. The molecule has 0 amide bonds. The molecule has 2 aromatic heterocycles. The molecule has 2 aromatic rings. The number of aryl methyl sites for hydroxylation is 1. The van der Waals surface area contributed by atoms with Crippen LogP contribution in [-0.4, -0.2) is 36.9 Å². The molecule has 17 heavy (non-hydrogen) atoms. The maximum absolute atomic E-state index is 11.2. The Morgan fingerprint density at radius 2 is 2.29 bits per heavy atom. The normalized spacial score (nSPS) is 14.8. The molecule has 0 aliphatic carbocycles. The summed E-state index contributed by atoms with van der Waals surface area (Å²) >= 11 is 0. The molecule has 6 heteroatoms. The molecule has 1 N–H and O–H groups in total. The SMILES string of the molecule is Cc1ccc2nc(NCC(C)S(C)=O)nn2c1. The van der Waals surface area contributed by atoms with Crippen molar-refractivity contribution in [1.82, 2.24) is 14.6 Å². The summed E-state index contributed by atoms with van der Waals surface area (Å²) in [5, 5.41) is 7.49. The molecule has 0 saturated carbocycles. The summed E-state index contributed by atoms with van der Waals surface area (Å²) in [6.07, 6.45) is 3.63. The van der Waals surface area contributed by atoms with Crippen LogP contribution in [0.25, 0.3) is 5.65 Å². The lowest BCUT2D eigenvalue weighted by atomic mass is 10.3. The second-order valence-corrected chi connectivity index (χ2v) is 5.94. The van der Waals surface area contributed by atoms with E-state index in [0.29, 0.717) is 12.5 Å². The molecule has 2 unspecified atom stereocenters. The van der Waals surface area contributed by atoms with Crippen LogP contribution < -0.4 is 5.32 Å². The van der Waals surface area contributed by atoms with Crippen molar-refractivity contribution in [3.05, 3.63) is 23.9 Å². The Balaban J connectivity index is 2.12. The fraction of sp³-hybridized carbons (Fsp3) is 0.455. The zero-order chi connectivity index (χ0) is 12.4. The Morgan fingerprint density at radius 1 is 1.53 bits per heavy atom. The predicted octanol–water partition coefficient (Wildman–Crippen LogP) is 1.22. The van der Waals surface area contributed by atoms with Gasteiger partial charge in [0, 0.05) is 35.0 Å². The van der Waals surface area contributed by atoms with Gasteiger partial charge in [0.15, 0.2) is 5.65 Å². The Kier molecular flexibility index (Phi) is 3.42. The van der Waals surface area contributed by atoms with Gasteiger partial charge in [-0.05, 0) is 25.5 Å². The average molecular weight is 252 g/mol. The van der Waals surface area contributed by atoms with Crippen molar-refractivity contribution in [2.75, 3.05) is 18.1 Å². The molecule has 0 fully saturated rings. The largest absolute Gasteiger partial charge is 0.352 e. The van der Waals surface area contributed by atoms with Gasteiger partial charge >= 0.3 is 0 Å². The monoisotopic (exact) mass is 252 g/mol. The van der Waals surface area contributed by atoms with Gasteiger partial charge in [-0.15, -0.1) is 5.10 Å². The highest BCUT2D eigenvalue weighted by atomic mass is 32.2. The van der Waals surface area contributed by atoms with E-state index < -0.39 is 10.8 Å². The molecule has 0 aliphatic heterocycles. The molecule has 0 aromatic carbocycles. The van der Waals surface area contributed by atoms with Crippen LogP contribution in [0.3, 0.4) is 0 Å². The molecular formula is C11H16N4OS. The standard InChI is InChI=1S/C11H16N4OS/c1-8-4-5-10-13-11(14-15(10)7-8)12-6-9(2)17(3)16/h4-5,7,9H,6H2,1-3H3,(H,12,14). The summed E-state index contributed by atoms with van der Waals surface area (Å²) in [4.78, 5) is 4.33.